The standard InChI is InChI=1S/C13H25N3O2/c1-14(2)5-6-15-4-3-12(9-15)16-8-11(10-17)7-13(16)18/h11-12,17H,3-10H2,1-2H3. The Labute approximate surface area is 109 Å². The summed E-state index contributed by atoms with van der Waals surface area (Å²) >= 11 is 0. The van der Waals surface area contributed by atoms with Crippen molar-refractivity contribution in [2.75, 3.05) is 53.4 Å². The van der Waals surface area contributed by atoms with Gasteiger partial charge in [-0.3, -0.25) is 9.69 Å². The second kappa shape index (κ2) is 5.99. The fraction of sp³-hybridized carbons (Fsp3) is 0.923. The molecule has 2 atom stereocenters. The minimum atomic E-state index is 0.138. The second-order valence-corrected chi connectivity index (χ2v) is 5.85. The number of carbonyl (C=O) groups excluding carboxylic acids is 1. The minimum absolute atomic E-state index is 0.138. The van der Waals surface area contributed by atoms with E-state index in [9.17, 15) is 4.79 Å². The molecule has 0 aromatic heterocycles. The van der Waals surface area contributed by atoms with Gasteiger partial charge in [0, 0.05) is 57.7 Å². The van der Waals surface area contributed by atoms with Crippen LogP contribution in [0.15, 0.2) is 0 Å². The molecule has 1 amide bonds. The van der Waals surface area contributed by atoms with Crippen molar-refractivity contribution in [3.8, 4) is 0 Å². The Kier molecular flexibility index (Phi) is 4.59. The van der Waals surface area contributed by atoms with Crippen LogP contribution in [0, 0.1) is 5.92 Å². The van der Waals surface area contributed by atoms with Crippen LogP contribution in [-0.4, -0.2) is 85.2 Å². The van der Waals surface area contributed by atoms with E-state index in [0.29, 0.717) is 12.5 Å². The van der Waals surface area contributed by atoms with Gasteiger partial charge in [-0.1, -0.05) is 0 Å². The third kappa shape index (κ3) is 3.22. The van der Waals surface area contributed by atoms with E-state index in [-0.39, 0.29) is 18.4 Å². The second-order valence-electron chi connectivity index (χ2n) is 5.85. The Hall–Kier alpha value is -0.650. The Morgan fingerprint density at radius 2 is 2.17 bits per heavy atom. The van der Waals surface area contributed by atoms with Gasteiger partial charge in [0.2, 0.25) is 5.91 Å². The Bertz CT molecular complexity index is 296. The topological polar surface area (TPSA) is 47.0 Å². The molecular weight excluding hydrogens is 230 g/mol. The molecule has 2 saturated heterocycles. The number of aliphatic hydroxyl groups is 1. The molecule has 5 heteroatoms. The van der Waals surface area contributed by atoms with Crippen LogP contribution in [0.5, 0.6) is 0 Å². The molecule has 0 aromatic carbocycles. The van der Waals surface area contributed by atoms with Gasteiger partial charge in [-0.15, -0.1) is 0 Å². The molecule has 2 heterocycles. The third-order valence-corrected chi connectivity index (χ3v) is 4.05. The summed E-state index contributed by atoms with van der Waals surface area (Å²) in [5, 5.41) is 9.15. The number of amides is 1. The van der Waals surface area contributed by atoms with Gasteiger partial charge in [0.1, 0.15) is 0 Å². The van der Waals surface area contributed by atoms with Crippen molar-refractivity contribution in [1.29, 1.82) is 0 Å². The summed E-state index contributed by atoms with van der Waals surface area (Å²) < 4.78 is 0. The van der Waals surface area contributed by atoms with Gasteiger partial charge in [-0.05, 0) is 20.5 Å². The van der Waals surface area contributed by atoms with Crippen LogP contribution in [0.1, 0.15) is 12.8 Å². The maximum atomic E-state index is 11.9. The number of likely N-dealkylation sites (tertiary alicyclic amines) is 2. The van der Waals surface area contributed by atoms with Crippen molar-refractivity contribution in [2.24, 2.45) is 5.92 Å². The van der Waals surface area contributed by atoms with E-state index in [1.807, 2.05) is 4.90 Å². The molecule has 2 aliphatic heterocycles. The molecule has 2 unspecified atom stereocenters. The molecule has 1 N–H and O–H groups in total. The zero-order valence-corrected chi connectivity index (χ0v) is 11.5. The third-order valence-electron chi connectivity index (χ3n) is 4.05. The highest BCUT2D eigenvalue weighted by Gasteiger charge is 2.36. The highest BCUT2D eigenvalue weighted by atomic mass is 16.3. The molecule has 2 fully saturated rings. The van der Waals surface area contributed by atoms with Gasteiger partial charge < -0.3 is 14.9 Å². The van der Waals surface area contributed by atoms with Gasteiger partial charge in [0.15, 0.2) is 0 Å². The first-order valence-electron chi connectivity index (χ1n) is 6.87. The molecule has 0 aromatic rings. The first-order valence-corrected chi connectivity index (χ1v) is 6.87. The molecule has 2 aliphatic rings. The Balaban J connectivity index is 1.80. The van der Waals surface area contributed by atoms with Crippen LogP contribution < -0.4 is 0 Å². The number of likely N-dealkylation sites (N-methyl/N-ethyl adjacent to an activating group) is 1. The summed E-state index contributed by atoms with van der Waals surface area (Å²) in [5.41, 5.74) is 0. The van der Waals surface area contributed by atoms with Gasteiger partial charge in [-0.25, -0.2) is 0 Å². The molecule has 104 valence electrons. The molecule has 0 spiro atoms. The molecular formula is C13H25N3O2. The lowest BCUT2D eigenvalue weighted by atomic mass is 10.1. The molecule has 0 radical (unpaired) electrons. The number of nitrogens with zero attached hydrogens (tertiary/aromatic N) is 3. The monoisotopic (exact) mass is 255 g/mol. The van der Waals surface area contributed by atoms with Crippen molar-refractivity contribution < 1.29 is 9.90 Å². The van der Waals surface area contributed by atoms with Crippen molar-refractivity contribution in [1.82, 2.24) is 14.7 Å². The summed E-state index contributed by atoms with van der Waals surface area (Å²) in [7, 11) is 4.17. The molecule has 2 rings (SSSR count). The van der Waals surface area contributed by atoms with Crippen molar-refractivity contribution in [3.63, 3.8) is 0 Å². The van der Waals surface area contributed by atoms with Crippen LogP contribution in [0.4, 0.5) is 0 Å². The molecule has 0 bridgehead atoms. The van der Waals surface area contributed by atoms with Gasteiger partial charge in [0.25, 0.3) is 0 Å². The van der Waals surface area contributed by atoms with Crippen molar-refractivity contribution >= 4 is 5.91 Å². The van der Waals surface area contributed by atoms with Gasteiger partial charge >= 0.3 is 0 Å². The highest BCUT2D eigenvalue weighted by Crippen LogP contribution is 2.24. The predicted molar refractivity (Wildman–Crippen MR) is 70.3 cm³/mol. The number of carbonyl (C=O) groups is 1. The van der Waals surface area contributed by atoms with Crippen LogP contribution in [0.25, 0.3) is 0 Å². The molecule has 5 nitrogen and oxygen atoms in total. The largest absolute Gasteiger partial charge is 0.396 e. The highest BCUT2D eigenvalue weighted by molar-refractivity contribution is 5.79. The molecule has 0 aliphatic carbocycles. The average molecular weight is 255 g/mol. The number of hydrogen-bond acceptors (Lipinski definition) is 4. The number of rotatable bonds is 5. The van der Waals surface area contributed by atoms with E-state index < -0.39 is 0 Å². The zero-order chi connectivity index (χ0) is 13.1. The summed E-state index contributed by atoms with van der Waals surface area (Å²) in [6.07, 6.45) is 1.61. The predicted octanol–water partition coefficient (Wildman–Crippen LogP) is -0.537. The van der Waals surface area contributed by atoms with E-state index in [0.717, 1.165) is 39.1 Å². The van der Waals surface area contributed by atoms with E-state index >= 15 is 0 Å². The number of aliphatic hydroxyl groups excluding tert-OH is 1. The fourth-order valence-corrected chi connectivity index (χ4v) is 2.89. The summed E-state index contributed by atoms with van der Waals surface area (Å²) in [5.74, 6) is 0.391. The van der Waals surface area contributed by atoms with E-state index in [1.54, 1.807) is 0 Å². The SMILES string of the molecule is CN(C)CCN1CCC(N2CC(CO)CC2=O)C1. The summed E-state index contributed by atoms with van der Waals surface area (Å²) in [4.78, 5) is 18.5. The van der Waals surface area contributed by atoms with Crippen LogP contribution >= 0.6 is 0 Å². The first-order chi connectivity index (χ1) is 8.60. The lowest BCUT2D eigenvalue weighted by Crippen LogP contribution is -2.39. The maximum absolute atomic E-state index is 11.9. The van der Waals surface area contributed by atoms with Crippen molar-refractivity contribution in [2.45, 2.75) is 18.9 Å². The fourth-order valence-electron chi connectivity index (χ4n) is 2.89. The minimum Gasteiger partial charge on any atom is -0.396 e. The van der Waals surface area contributed by atoms with Crippen LogP contribution in [0.3, 0.4) is 0 Å². The van der Waals surface area contributed by atoms with E-state index in [4.69, 9.17) is 5.11 Å². The number of hydrogen-bond donors (Lipinski definition) is 1. The quantitative estimate of drug-likeness (QED) is 0.717. The van der Waals surface area contributed by atoms with Crippen molar-refractivity contribution in [3.05, 3.63) is 0 Å². The molecule has 0 saturated carbocycles. The zero-order valence-electron chi connectivity index (χ0n) is 11.5. The van der Waals surface area contributed by atoms with E-state index in [1.165, 1.54) is 0 Å². The Morgan fingerprint density at radius 1 is 1.39 bits per heavy atom. The van der Waals surface area contributed by atoms with Gasteiger partial charge in [0.05, 0.1) is 0 Å². The summed E-state index contributed by atoms with van der Waals surface area (Å²) in [6.45, 7) is 5.12. The lowest BCUT2D eigenvalue weighted by Gasteiger charge is -2.25. The normalized spacial score (nSPS) is 29.8. The van der Waals surface area contributed by atoms with E-state index in [2.05, 4.69) is 23.9 Å². The summed E-state index contributed by atoms with van der Waals surface area (Å²) in [6, 6.07) is 0.371. The van der Waals surface area contributed by atoms with Crippen LogP contribution in [0.2, 0.25) is 0 Å². The lowest BCUT2D eigenvalue weighted by molar-refractivity contribution is -0.129. The van der Waals surface area contributed by atoms with Crippen LogP contribution in [-0.2, 0) is 4.79 Å². The smallest absolute Gasteiger partial charge is 0.223 e. The van der Waals surface area contributed by atoms with Gasteiger partial charge in [-0.2, -0.15) is 0 Å². The average Bonchev–Trinajstić information content (AvgIpc) is 2.92. The maximum Gasteiger partial charge on any atom is 0.223 e. The Morgan fingerprint density at radius 3 is 2.78 bits per heavy atom. The first kappa shape index (κ1) is 13.8. The molecule has 18 heavy (non-hydrogen) atoms.